The average Bonchev–Trinajstić information content (AvgIpc) is 2.99. The summed E-state index contributed by atoms with van der Waals surface area (Å²) in [5.74, 6) is 1.23. The molecule has 0 saturated carbocycles. The van der Waals surface area contributed by atoms with E-state index in [1.807, 2.05) is 30.0 Å². The van der Waals surface area contributed by atoms with Gasteiger partial charge >= 0.3 is 0 Å². The fraction of sp³-hybridized carbons (Fsp3) is 0.529. The van der Waals surface area contributed by atoms with E-state index in [-0.39, 0.29) is 11.8 Å². The topological polar surface area (TPSA) is 58.6 Å². The van der Waals surface area contributed by atoms with E-state index in [9.17, 15) is 9.59 Å². The smallest absolute Gasteiger partial charge is 0.253 e. The molecule has 1 N–H and O–H groups in total. The van der Waals surface area contributed by atoms with Crippen molar-refractivity contribution >= 4 is 29.3 Å². The Morgan fingerprint density at radius 3 is 3.09 bits per heavy atom. The summed E-state index contributed by atoms with van der Waals surface area (Å²) in [6, 6.07) is 5.60. The number of ether oxygens (including phenoxy) is 1. The molecule has 3 rings (SSSR count). The maximum atomic E-state index is 12.8. The van der Waals surface area contributed by atoms with Crippen LogP contribution in [0.1, 0.15) is 30.1 Å². The number of benzene rings is 1. The lowest BCUT2D eigenvalue weighted by atomic mass is 10.1. The molecular formula is C17H22N2O3S. The molecule has 124 valence electrons. The minimum atomic E-state index is 0.0105. The Kier molecular flexibility index (Phi) is 5.23. The van der Waals surface area contributed by atoms with Crippen LogP contribution in [-0.4, -0.2) is 48.8 Å². The Morgan fingerprint density at radius 2 is 2.35 bits per heavy atom. The van der Waals surface area contributed by atoms with Gasteiger partial charge in [0.1, 0.15) is 0 Å². The molecule has 23 heavy (non-hydrogen) atoms. The molecular weight excluding hydrogens is 312 g/mol. The molecule has 6 heteroatoms. The van der Waals surface area contributed by atoms with Crippen LogP contribution in [0.25, 0.3) is 0 Å². The second-order valence-corrected chi connectivity index (χ2v) is 7.07. The minimum Gasteiger partial charge on any atom is -0.381 e. The van der Waals surface area contributed by atoms with Crippen LogP contribution < -0.4 is 5.32 Å². The quantitative estimate of drug-likeness (QED) is 0.919. The Morgan fingerprint density at radius 1 is 1.48 bits per heavy atom. The number of amides is 2. The first-order valence-corrected chi connectivity index (χ1v) is 9.09. The van der Waals surface area contributed by atoms with Gasteiger partial charge in [-0.2, -0.15) is 0 Å². The normalized spacial score (nSPS) is 20.6. The van der Waals surface area contributed by atoms with Crippen LogP contribution in [0.5, 0.6) is 0 Å². The van der Waals surface area contributed by atoms with Crippen molar-refractivity contribution in [3.05, 3.63) is 23.8 Å². The van der Waals surface area contributed by atoms with Gasteiger partial charge in [0.25, 0.3) is 5.91 Å². The fourth-order valence-corrected chi connectivity index (χ4v) is 3.87. The first-order valence-electron chi connectivity index (χ1n) is 8.11. The summed E-state index contributed by atoms with van der Waals surface area (Å²) in [7, 11) is 0. The van der Waals surface area contributed by atoms with Crippen LogP contribution in [0.15, 0.2) is 23.1 Å². The standard InChI is InChI=1S/C17H22N2O3S/c1-2-19(10-12-5-7-22-11-12)17(21)13-3-4-15-14(9-13)18-16(20)6-8-23-15/h3-4,9,12H,2,5-8,10-11H2,1H3,(H,18,20). The van der Waals surface area contributed by atoms with Gasteiger partial charge < -0.3 is 15.0 Å². The van der Waals surface area contributed by atoms with E-state index < -0.39 is 0 Å². The third kappa shape index (κ3) is 3.87. The van der Waals surface area contributed by atoms with Gasteiger partial charge in [0, 0.05) is 48.2 Å². The van der Waals surface area contributed by atoms with Crippen molar-refractivity contribution in [1.29, 1.82) is 0 Å². The molecule has 1 aromatic rings. The fourth-order valence-electron chi connectivity index (χ4n) is 2.93. The van der Waals surface area contributed by atoms with E-state index in [1.165, 1.54) is 0 Å². The van der Waals surface area contributed by atoms with Crippen molar-refractivity contribution in [2.24, 2.45) is 5.92 Å². The highest BCUT2D eigenvalue weighted by molar-refractivity contribution is 7.99. The lowest BCUT2D eigenvalue weighted by molar-refractivity contribution is -0.115. The van der Waals surface area contributed by atoms with Gasteiger partial charge in [-0.1, -0.05) is 0 Å². The highest BCUT2D eigenvalue weighted by Crippen LogP contribution is 2.31. The maximum absolute atomic E-state index is 12.8. The number of carbonyl (C=O) groups excluding carboxylic acids is 2. The Hall–Kier alpha value is -1.53. The zero-order valence-corrected chi connectivity index (χ0v) is 14.2. The molecule has 1 fully saturated rings. The zero-order chi connectivity index (χ0) is 16.2. The van der Waals surface area contributed by atoms with Crippen LogP contribution in [0.2, 0.25) is 0 Å². The molecule has 2 aliphatic rings. The second kappa shape index (κ2) is 7.36. The van der Waals surface area contributed by atoms with Crippen LogP contribution >= 0.6 is 11.8 Å². The molecule has 0 radical (unpaired) electrons. The molecule has 0 bridgehead atoms. The van der Waals surface area contributed by atoms with Crippen molar-refractivity contribution in [2.75, 3.05) is 37.4 Å². The summed E-state index contributed by atoms with van der Waals surface area (Å²) >= 11 is 1.65. The first kappa shape index (κ1) is 16.3. The number of carbonyl (C=O) groups is 2. The van der Waals surface area contributed by atoms with E-state index in [0.29, 0.717) is 24.4 Å². The third-order valence-corrected chi connectivity index (χ3v) is 5.33. The SMILES string of the molecule is CCN(CC1CCOC1)C(=O)c1ccc2c(c1)NC(=O)CCS2. The third-order valence-electron chi connectivity index (χ3n) is 4.26. The Bertz CT molecular complexity index is 600. The number of fused-ring (bicyclic) bond motifs is 1. The number of hydrogen-bond acceptors (Lipinski definition) is 4. The van der Waals surface area contributed by atoms with Crippen LogP contribution in [0, 0.1) is 5.92 Å². The van der Waals surface area contributed by atoms with Gasteiger partial charge in [-0.25, -0.2) is 0 Å². The van der Waals surface area contributed by atoms with Gasteiger partial charge in [0.15, 0.2) is 0 Å². The van der Waals surface area contributed by atoms with E-state index in [4.69, 9.17) is 4.74 Å². The highest BCUT2D eigenvalue weighted by atomic mass is 32.2. The zero-order valence-electron chi connectivity index (χ0n) is 13.3. The summed E-state index contributed by atoms with van der Waals surface area (Å²) in [5, 5.41) is 2.90. The largest absolute Gasteiger partial charge is 0.381 e. The van der Waals surface area contributed by atoms with Gasteiger partial charge in [0.2, 0.25) is 5.91 Å². The molecule has 1 unspecified atom stereocenters. The van der Waals surface area contributed by atoms with Gasteiger partial charge in [0.05, 0.1) is 12.3 Å². The molecule has 0 aromatic heterocycles. The summed E-state index contributed by atoms with van der Waals surface area (Å²) in [6.45, 7) is 4.93. The second-order valence-electron chi connectivity index (χ2n) is 5.93. The maximum Gasteiger partial charge on any atom is 0.253 e. The predicted octanol–water partition coefficient (Wildman–Crippen LogP) is 2.62. The Balaban J connectivity index is 1.76. The average molecular weight is 334 g/mol. The van der Waals surface area contributed by atoms with Crippen molar-refractivity contribution in [2.45, 2.75) is 24.7 Å². The molecule has 2 amide bonds. The first-order chi connectivity index (χ1) is 11.2. The van der Waals surface area contributed by atoms with Gasteiger partial charge in [-0.05, 0) is 31.5 Å². The number of anilines is 1. The number of rotatable bonds is 4. The number of thioether (sulfide) groups is 1. The molecule has 1 atom stereocenters. The Labute approximate surface area is 140 Å². The van der Waals surface area contributed by atoms with Crippen molar-refractivity contribution in [3.8, 4) is 0 Å². The monoisotopic (exact) mass is 334 g/mol. The number of hydrogen-bond donors (Lipinski definition) is 1. The van der Waals surface area contributed by atoms with Gasteiger partial charge in [-0.3, -0.25) is 9.59 Å². The van der Waals surface area contributed by atoms with E-state index >= 15 is 0 Å². The van der Waals surface area contributed by atoms with E-state index in [0.717, 1.165) is 42.5 Å². The minimum absolute atomic E-state index is 0.0105. The van der Waals surface area contributed by atoms with E-state index in [1.54, 1.807) is 11.8 Å². The van der Waals surface area contributed by atoms with Crippen LogP contribution in [0.4, 0.5) is 5.69 Å². The molecule has 0 spiro atoms. The number of nitrogens with zero attached hydrogens (tertiary/aromatic N) is 1. The number of nitrogens with one attached hydrogen (secondary N) is 1. The molecule has 0 aliphatic carbocycles. The molecule has 2 aliphatic heterocycles. The van der Waals surface area contributed by atoms with Crippen molar-refractivity contribution in [1.82, 2.24) is 4.90 Å². The molecule has 5 nitrogen and oxygen atoms in total. The lowest BCUT2D eigenvalue weighted by Crippen LogP contribution is -2.35. The predicted molar refractivity (Wildman–Crippen MR) is 90.9 cm³/mol. The van der Waals surface area contributed by atoms with Crippen LogP contribution in [-0.2, 0) is 9.53 Å². The molecule has 1 saturated heterocycles. The summed E-state index contributed by atoms with van der Waals surface area (Å²) in [5.41, 5.74) is 1.39. The lowest BCUT2D eigenvalue weighted by Gasteiger charge is -2.24. The molecule has 1 aromatic carbocycles. The summed E-state index contributed by atoms with van der Waals surface area (Å²) < 4.78 is 5.40. The molecule has 2 heterocycles. The van der Waals surface area contributed by atoms with Gasteiger partial charge in [-0.15, -0.1) is 11.8 Å². The van der Waals surface area contributed by atoms with Crippen molar-refractivity contribution in [3.63, 3.8) is 0 Å². The van der Waals surface area contributed by atoms with E-state index in [2.05, 4.69) is 5.32 Å². The highest BCUT2D eigenvalue weighted by Gasteiger charge is 2.23. The van der Waals surface area contributed by atoms with Crippen molar-refractivity contribution < 1.29 is 14.3 Å². The summed E-state index contributed by atoms with van der Waals surface area (Å²) in [6.07, 6.45) is 1.52. The van der Waals surface area contributed by atoms with Crippen LogP contribution in [0.3, 0.4) is 0 Å². The summed E-state index contributed by atoms with van der Waals surface area (Å²) in [4.78, 5) is 27.4.